The first kappa shape index (κ1) is 27.2. The lowest BCUT2D eigenvalue weighted by molar-refractivity contribution is -0.238. The SMILES string of the molecule is CC(=O)O[C@@H]1C[C@@]2(C)C(CC[C@]3(C)[C@@H]2CC=C2[C@H]4[C@@H](C)[C@H](C)CC[C@]4(C(=O)O)CC[C@]23C)C(C)(C)[C@H]1O. The summed E-state index contributed by atoms with van der Waals surface area (Å²) in [6, 6.07) is 0. The molecule has 0 aliphatic heterocycles. The second kappa shape index (κ2) is 8.32. The first-order chi connectivity index (χ1) is 17.1. The number of carbonyl (C=O) groups excluding carboxylic acids is 1. The molecule has 11 atom stereocenters. The maximum atomic E-state index is 12.9. The summed E-state index contributed by atoms with van der Waals surface area (Å²) in [7, 11) is 0. The van der Waals surface area contributed by atoms with E-state index in [1.165, 1.54) is 12.5 Å². The van der Waals surface area contributed by atoms with E-state index < -0.39 is 23.6 Å². The van der Waals surface area contributed by atoms with Crippen molar-refractivity contribution < 1.29 is 24.5 Å². The minimum Gasteiger partial charge on any atom is -0.481 e. The highest BCUT2D eigenvalue weighted by Crippen LogP contribution is 2.75. The third kappa shape index (κ3) is 3.37. The zero-order valence-electron chi connectivity index (χ0n) is 24.4. The molecule has 0 heterocycles. The second-order valence-electron chi connectivity index (χ2n) is 15.2. The van der Waals surface area contributed by atoms with Gasteiger partial charge in [0.1, 0.15) is 6.10 Å². The number of rotatable bonds is 2. The van der Waals surface area contributed by atoms with E-state index in [4.69, 9.17) is 4.74 Å². The molecule has 208 valence electrons. The number of ether oxygens (including phenoxy) is 1. The summed E-state index contributed by atoms with van der Waals surface area (Å²) in [4.78, 5) is 24.9. The Hall–Kier alpha value is -1.36. The van der Waals surface area contributed by atoms with Crippen LogP contribution in [0.4, 0.5) is 0 Å². The molecular weight excluding hydrogens is 464 g/mol. The molecule has 1 unspecified atom stereocenters. The molecule has 4 saturated carbocycles. The smallest absolute Gasteiger partial charge is 0.310 e. The molecule has 4 fully saturated rings. The summed E-state index contributed by atoms with van der Waals surface area (Å²) in [5, 5.41) is 21.9. The zero-order valence-corrected chi connectivity index (χ0v) is 24.4. The van der Waals surface area contributed by atoms with Crippen LogP contribution in [0.25, 0.3) is 0 Å². The molecule has 0 aromatic carbocycles. The van der Waals surface area contributed by atoms with Gasteiger partial charge in [-0.3, -0.25) is 9.59 Å². The molecule has 0 aromatic rings. The molecule has 5 heteroatoms. The molecule has 5 aliphatic rings. The van der Waals surface area contributed by atoms with Crippen LogP contribution in [-0.4, -0.2) is 34.4 Å². The molecule has 5 rings (SSSR count). The molecule has 0 bridgehead atoms. The van der Waals surface area contributed by atoms with E-state index in [9.17, 15) is 19.8 Å². The lowest BCUT2D eigenvalue weighted by Gasteiger charge is -2.71. The van der Waals surface area contributed by atoms with Crippen molar-refractivity contribution in [1.29, 1.82) is 0 Å². The van der Waals surface area contributed by atoms with Crippen molar-refractivity contribution in [3.05, 3.63) is 11.6 Å². The molecule has 0 aromatic heterocycles. The van der Waals surface area contributed by atoms with Gasteiger partial charge in [0.15, 0.2) is 0 Å². The average Bonchev–Trinajstić information content (AvgIpc) is 2.79. The standard InChI is InChI=1S/C32H50O5/c1-18-11-14-32(27(35)36)16-15-30(7)21(25(32)19(18)2)9-10-24-29(6)17-22(37-20(3)33)26(34)28(4,5)23(29)12-13-31(24,30)8/h9,18-19,22-26,34H,10-17H2,1-8H3,(H,35,36)/t18-,19+,22-,23?,24-,25-,26+,29+,30-,31-,32+/m1/s1. The minimum atomic E-state index is -0.667. The number of carboxylic acids is 1. The van der Waals surface area contributed by atoms with Gasteiger partial charge in [-0.25, -0.2) is 0 Å². The number of allylic oxidation sites excluding steroid dienone is 2. The highest BCUT2D eigenvalue weighted by atomic mass is 16.6. The number of aliphatic hydroxyl groups is 1. The fourth-order valence-electron chi connectivity index (χ4n) is 11.3. The van der Waals surface area contributed by atoms with Crippen LogP contribution >= 0.6 is 0 Å². The van der Waals surface area contributed by atoms with Crippen molar-refractivity contribution in [2.75, 3.05) is 0 Å². The summed E-state index contributed by atoms with van der Waals surface area (Å²) in [5.41, 5.74) is 0.375. The Morgan fingerprint density at radius 1 is 0.973 bits per heavy atom. The van der Waals surface area contributed by atoms with E-state index in [1.807, 2.05) is 0 Å². The average molecular weight is 515 g/mol. The van der Waals surface area contributed by atoms with Gasteiger partial charge in [0.25, 0.3) is 0 Å². The van der Waals surface area contributed by atoms with Crippen molar-refractivity contribution in [3.63, 3.8) is 0 Å². The van der Waals surface area contributed by atoms with Gasteiger partial charge in [-0.1, -0.05) is 60.1 Å². The molecule has 0 spiro atoms. The molecule has 0 radical (unpaired) electrons. The summed E-state index contributed by atoms with van der Waals surface area (Å²) in [6.45, 7) is 17.7. The first-order valence-electron chi connectivity index (χ1n) is 14.9. The first-order valence-corrected chi connectivity index (χ1v) is 14.9. The number of esters is 1. The van der Waals surface area contributed by atoms with Crippen LogP contribution in [0.5, 0.6) is 0 Å². The number of fused-ring (bicyclic) bond motifs is 7. The number of carbonyl (C=O) groups is 2. The van der Waals surface area contributed by atoms with Crippen molar-refractivity contribution in [2.24, 2.45) is 56.7 Å². The number of aliphatic carboxylic acids is 1. The quantitative estimate of drug-likeness (QED) is 0.319. The molecular formula is C32H50O5. The molecule has 5 nitrogen and oxygen atoms in total. The van der Waals surface area contributed by atoms with E-state index in [0.29, 0.717) is 30.1 Å². The van der Waals surface area contributed by atoms with Crippen molar-refractivity contribution >= 4 is 11.9 Å². The summed E-state index contributed by atoms with van der Waals surface area (Å²) >= 11 is 0. The van der Waals surface area contributed by atoms with Gasteiger partial charge in [0.05, 0.1) is 11.5 Å². The van der Waals surface area contributed by atoms with Gasteiger partial charge < -0.3 is 14.9 Å². The van der Waals surface area contributed by atoms with E-state index in [-0.39, 0.29) is 33.5 Å². The third-order valence-corrected chi connectivity index (χ3v) is 13.7. The van der Waals surface area contributed by atoms with Gasteiger partial charge >= 0.3 is 11.9 Å². The van der Waals surface area contributed by atoms with Gasteiger partial charge in [-0.15, -0.1) is 0 Å². The van der Waals surface area contributed by atoms with E-state index in [1.54, 1.807) is 0 Å². The van der Waals surface area contributed by atoms with E-state index in [0.717, 1.165) is 44.9 Å². The van der Waals surface area contributed by atoms with Crippen LogP contribution in [-0.2, 0) is 14.3 Å². The summed E-state index contributed by atoms with van der Waals surface area (Å²) in [6.07, 6.45) is 8.59. The highest BCUT2D eigenvalue weighted by Gasteiger charge is 2.70. The van der Waals surface area contributed by atoms with Gasteiger partial charge in [-0.05, 0) is 103 Å². The normalized spacial score (nSPS) is 52.5. The Labute approximate surface area is 223 Å². The molecule has 37 heavy (non-hydrogen) atoms. The largest absolute Gasteiger partial charge is 0.481 e. The third-order valence-electron chi connectivity index (χ3n) is 13.7. The predicted molar refractivity (Wildman–Crippen MR) is 144 cm³/mol. The molecule has 0 amide bonds. The second-order valence-corrected chi connectivity index (χ2v) is 15.2. The number of aliphatic hydroxyl groups excluding tert-OH is 1. The Morgan fingerprint density at radius 2 is 1.65 bits per heavy atom. The molecule has 2 N–H and O–H groups in total. The van der Waals surface area contributed by atoms with Crippen LogP contribution in [0.15, 0.2) is 11.6 Å². The predicted octanol–water partition coefficient (Wildman–Crippen LogP) is 6.63. The van der Waals surface area contributed by atoms with E-state index in [2.05, 4.69) is 54.5 Å². The summed E-state index contributed by atoms with van der Waals surface area (Å²) in [5.74, 6) is 0.823. The Bertz CT molecular complexity index is 1010. The van der Waals surface area contributed by atoms with Crippen LogP contribution in [0, 0.1) is 56.7 Å². The highest BCUT2D eigenvalue weighted by molar-refractivity contribution is 5.76. The van der Waals surface area contributed by atoms with Crippen LogP contribution in [0.1, 0.15) is 107 Å². The van der Waals surface area contributed by atoms with E-state index >= 15 is 0 Å². The molecule has 5 aliphatic carbocycles. The lowest BCUT2D eigenvalue weighted by Crippen LogP contribution is -2.67. The Kier molecular flexibility index (Phi) is 6.12. The summed E-state index contributed by atoms with van der Waals surface area (Å²) < 4.78 is 5.76. The minimum absolute atomic E-state index is 0.0343. The zero-order chi connectivity index (χ0) is 27.3. The van der Waals surface area contributed by atoms with Gasteiger partial charge in [0, 0.05) is 6.92 Å². The van der Waals surface area contributed by atoms with Crippen LogP contribution in [0.2, 0.25) is 0 Å². The Morgan fingerprint density at radius 3 is 2.27 bits per heavy atom. The number of hydrogen-bond donors (Lipinski definition) is 2. The fraction of sp³-hybridized carbons (Fsp3) is 0.875. The van der Waals surface area contributed by atoms with Crippen LogP contribution in [0.3, 0.4) is 0 Å². The van der Waals surface area contributed by atoms with Gasteiger partial charge in [-0.2, -0.15) is 0 Å². The van der Waals surface area contributed by atoms with Crippen molar-refractivity contribution in [3.8, 4) is 0 Å². The lowest BCUT2D eigenvalue weighted by atomic mass is 9.33. The fourth-order valence-corrected chi connectivity index (χ4v) is 11.3. The number of carboxylic acid groups (broad SMARTS) is 1. The maximum Gasteiger partial charge on any atom is 0.310 e. The monoisotopic (exact) mass is 514 g/mol. The maximum absolute atomic E-state index is 12.9. The van der Waals surface area contributed by atoms with Crippen molar-refractivity contribution in [1.82, 2.24) is 0 Å². The van der Waals surface area contributed by atoms with Crippen molar-refractivity contribution in [2.45, 2.75) is 119 Å². The number of hydrogen-bond acceptors (Lipinski definition) is 4. The molecule has 0 saturated heterocycles. The van der Waals surface area contributed by atoms with Crippen LogP contribution < -0.4 is 0 Å². The topological polar surface area (TPSA) is 83.8 Å². The van der Waals surface area contributed by atoms with Gasteiger partial charge in [0.2, 0.25) is 0 Å². The Balaban J connectivity index is 1.61.